The van der Waals surface area contributed by atoms with E-state index in [2.05, 4.69) is 5.43 Å². The van der Waals surface area contributed by atoms with Crippen molar-refractivity contribution in [3.05, 3.63) is 99.4 Å². The third kappa shape index (κ3) is 5.59. The van der Waals surface area contributed by atoms with Gasteiger partial charge in [0.15, 0.2) is 15.8 Å². The van der Waals surface area contributed by atoms with Gasteiger partial charge in [-0.25, -0.2) is 0 Å². The fraction of sp³-hybridized carbons (Fsp3) is 0.0800. The fourth-order valence-corrected chi connectivity index (χ4v) is 4.42. The molecule has 3 aromatic rings. The Balaban J connectivity index is 1.46. The summed E-state index contributed by atoms with van der Waals surface area (Å²) >= 11 is 12.3. The summed E-state index contributed by atoms with van der Waals surface area (Å²) in [5, 5.41) is 1.58. The molecule has 1 aliphatic rings. The van der Waals surface area contributed by atoms with Crippen LogP contribution >= 0.6 is 35.6 Å². The standard InChI is InChI=1S/C25H19ClN2O4S2/c1-31-21-13-17(7-12-20(21)32-15-16-5-3-2-4-6-16)14-22-24(30)28(25(33)34-22)27-23(29)18-8-10-19(26)11-9-18/h2-14H,15H2,1H3,(H,27,29)/b22-14-. The van der Waals surface area contributed by atoms with Gasteiger partial charge in [0, 0.05) is 10.6 Å². The summed E-state index contributed by atoms with van der Waals surface area (Å²) in [5.41, 5.74) is 4.68. The Bertz CT molecular complexity index is 1260. The molecule has 0 radical (unpaired) electrons. The predicted octanol–water partition coefficient (Wildman–Crippen LogP) is 5.47. The number of methoxy groups -OCH3 is 1. The zero-order valence-corrected chi connectivity index (χ0v) is 20.4. The molecular weight excluding hydrogens is 492 g/mol. The van der Waals surface area contributed by atoms with Crippen LogP contribution in [0, 0.1) is 0 Å². The van der Waals surface area contributed by atoms with Crippen molar-refractivity contribution in [2.45, 2.75) is 6.61 Å². The van der Waals surface area contributed by atoms with Gasteiger partial charge in [0.1, 0.15) is 6.61 Å². The highest BCUT2D eigenvalue weighted by molar-refractivity contribution is 8.26. The number of nitrogens with zero attached hydrogens (tertiary/aromatic N) is 1. The summed E-state index contributed by atoms with van der Waals surface area (Å²) in [7, 11) is 1.56. The van der Waals surface area contributed by atoms with Crippen molar-refractivity contribution >= 4 is 57.8 Å². The van der Waals surface area contributed by atoms with Crippen LogP contribution in [-0.2, 0) is 11.4 Å². The van der Waals surface area contributed by atoms with E-state index in [4.69, 9.17) is 33.3 Å². The van der Waals surface area contributed by atoms with Crippen LogP contribution in [0.15, 0.2) is 77.7 Å². The Morgan fingerprint density at radius 1 is 1.09 bits per heavy atom. The van der Waals surface area contributed by atoms with Crippen LogP contribution in [0.1, 0.15) is 21.5 Å². The first-order valence-electron chi connectivity index (χ1n) is 10.1. The first-order chi connectivity index (χ1) is 16.4. The maximum atomic E-state index is 12.9. The minimum atomic E-state index is -0.462. The lowest BCUT2D eigenvalue weighted by atomic mass is 10.2. The van der Waals surface area contributed by atoms with Gasteiger partial charge in [0.05, 0.1) is 12.0 Å². The first kappa shape index (κ1) is 23.8. The Morgan fingerprint density at radius 2 is 1.82 bits per heavy atom. The number of thiocarbonyl (C=S) groups is 1. The van der Waals surface area contributed by atoms with Crippen molar-refractivity contribution in [2.75, 3.05) is 7.11 Å². The number of amides is 2. The number of hydrazine groups is 1. The van der Waals surface area contributed by atoms with E-state index >= 15 is 0 Å². The Hall–Kier alpha value is -3.33. The minimum absolute atomic E-state index is 0.230. The van der Waals surface area contributed by atoms with Crippen LogP contribution in [0.5, 0.6) is 11.5 Å². The molecule has 1 fully saturated rings. The molecule has 4 rings (SSSR count). The maximum absolute atomic E-state index is 12.9. The lowest BCUT2D eigenvalue weighted by Crippen LogP contribution is -2.44. The largest absolute Gasteiger partial charge is 0.493 e. The van der Waals surface area contributed by atoms with Gasteiger partial charge < -0.3 is 9.47 Å². The molecule has 9 heteroatoms. The number of benzene rings is 3. The number of ether oxygens (including phenoxy) is 2. The van der Waals surface area contributed by atoms with Crippen LogP contribution in [0.25, 0.3) is 6.08 Å². The molecule has 34 heavy (non-hydrogen) atoms. The van der Waals surface area contributed by atoms with E-state index in [1.54, 1.807) is 49.6 Å². The summed E-state index contributed by atoms with van der Waals surface area (Å²) in [5.74, 6) is 0.249. The van der Waals surface area contributed by atoms with E-state index in [1.807, 2.05) is 36.4 Å². The van der Waals surface area contributed by atoms with Crippen LogP contribution in [0.3, 0.4) is 0 Å². The van der Waals surface area contributed by atoms with Crippen LogP contribution in [0.2, 0.25) is 5.02 Å². The molecule has 0 unspecified atom stereocenters. The van der Waals surface area contributed by atoms with Crippen molar-refractivity contribution in [1.29, 1.82) is 0 Å². The number of thioether (sulfide) groups is 1. The van der Waals surface area contributed by atoms with E-state index in [0.29, 0.717) is 33.6 Å². The molecule has 1 aliphatic heterocycles. The van der Waals surface area contributed by atoms with Crippen molar-refractivity contribution < 1.29 is 19.1 Å². The van der Waals surface area contributed by atoms with Crippen molar-refractivity contribution in [1.82, 2.24) is 10.4 Å². The SMILES string of the molecule is COc1cc(/C=C2\SC(=S)N(NC(=O)c3ccc(Cl)cc3)C2=O)ccc1OCc1ccccc1. The summed E-state index contributed by atoms with van der Waals surface area (Å²) < 4.78 is 11.6. The second-order valence-electron chi connectivity index (χ2n) is 7.15. The molecule has 3 aromatic carbocycles. The molecule has 0 bridgehead atoms. The van der Waals surface area contributed by atoms with E-state index < -0.39 is 11.8 Å². The van der Waals surface area contributed by atoms with Gasteiger partial charge in [-0.15, -0.1) is 0 Å². The molecule has 0 saturated carbocycles. The Labute approximate surface area is 211 Å². The highest BCUT2D eigenvalue weighted by Gasteiger charge is 2.33. The Morgan fingerprint density at radius 3 is 2.53 bits per heavy atom. The van der Waals surface area contributed by atoms with Crippen LogP contribution in [-0.4, -0.2) is 28.3 Å². The average molecular weight is 511 g/mol. The molecular formula is C25H19ClN2O4S2. The highest BCUT2D eigenvalue weighted by atomic mass is 35.5. The van der Waals surface area contributed by atoms with Crippen molar-refractivity contribution in [3.63, 3.8) is 0 Å². The maximum Gasteiger partial charge on any atom is 0.285 e. The molecule has 2 amide bonds. The molecule has 1 saturated heterocycles. The van der Waals surface area contributed by atoms with Crippen LogP contribution in [0.4, 0.5) is 0 Å². The first-order valence-corrected chi connectivity index (χ1v) is 11.7. The van der Waals surface area contributed by atoms with E-state index in [9.17, 15) is 9.59 Å². The summed E-state index contributed by atoms with van der Waals surface area (Å²) in [6.45, 7) is 0.405. The Kier molecular flexibility index (Phi) is 7.52. The zero-order valence-electron chi connectivity index (χ0n) is 18.0. The van der Waals surface area contributed by atoms with Gasteiger partial charge >= 0.3 is 0 Å². The number of carbonyl (C=O) groups excluding carboxylic acids is 2. The average Bonchev–Trinajstić information content (AvgIpc) is 3.11. The summed E-state index contributed by atoms with van der Waals surface area (Å²) in [6, 6.07) is 21.5. The number of carbonyl (C=O) groups is 2. The number of nitrogens with one attached hydrogen (secondary N) is 1. The highest BCUT2D eigenvalue weighted by Crippen LogP contribution is 2.34. The number of rotatable bonds is 7. The molecule has 172 valence electrons. The number of hydrogen-bond acceptors (Lipinski definition) is 6. The molecule has 0 atom stereocenters. The molecule has 0 spiro atoms. The molecule has 1 N–H and O–H groups in total. The van der Waals surface area contributed by atoms with Gasteiger partial charge in [0.2, 0.25) is 0 Å². The lowest BCUT2D eigenvalue weighted by molar-refractivity contribution is -0.123. The zero-order chi connectivity index (χ0) is 24.1. The van der Waals surface area contributed by atoms with Gasteiger partial charge in [0.25, 0.3) is 11.8 Å². The number of hydrogen-bond donors (Lipinski definition) is 1. The van der Waals surface area contributed by atoms with Gasteiger partial charge in [-0.1, -0.05) is 59.8 Å². The van der Waals surface area contributed by atoms with E-state index in [-0.39, 0.29) is 4.32 Å². The molecule has 0 aromatic heterocycles. The van der Waals surface area contributed by atoms with Gasteiger partial charge in [-0.05, 0) is 65.8 Å². The van der Waals surface area contributed by atoms with Gasteiger partial charge in [-0.3, -0.25) is 15.0 Å². The lowest BCUT2D eigenvalue weighted by Gasteiger charge is -2.15. The fourth-order valence-electron chi connectivity index (χ4n) is 3.11. The molecule has 6 nitrogen and oxygen atoms in total. The van der Waals surface area contributed by atoms with Crippen molar-refractivity contribution in [2.24, 2.45) is 0 Å². The molecule has 0 aliphatic carbocycles. The third-order valence-electron chi connectivity index (χ3n) is 4.84. The summed E-state index contributed by atoms with van der Waals surface area (Å²) in [4.78, 5) is 25.7. The smallest absolute Gasteiger partial charge is 0.285 e. The topological polar surface area (TPSA) is 67.9 Å². The van der Waals surface area contributed by atoms with Crippen molar-refractivity contribution in [3.8, 4) is 11.5 Å². The second kappa shape index (κ2) is 10.7. The van der Waals surface area contributed by atoms with E-state index in [1.165, 1.54) is 0 Å². The third-order valence-corrected chi connectivity index (χ3v) is 6.39. The normalized spacial score (nSPS) is 14.4. The van der Waals surface area contributed by atoms with E-state index in [0.717, 1.165) is 27.9 Å². The van der Waals surface area contributed by atoms with Gasteiger partial charge in [-0.2, -0.15) is 5.01 Å². The monoisotopic (exact) mass is 510 g/mol. The summed E-state index contributed by atoms with van der Waals surface area (Å²) in [6.07, 6.45) is 1.69. The van der Waals surface area contributed by atoms with Crippen LogP contribution < -0.4 is 14.9 Å². The number of halogens is 1. The molecule has 1 heterocycles. The second-order valence-corrected chi connectivity index (χ2v) is 9.26. The minimum Gasteiger partial charge on any atom is -0.493 e. The predicted molar refractivity (Wildman–Crippen MR) is 138 cm³/mol. The quantitative estimate of drug-likeness (QED) is 0.335.